The molecule has 4 saturated carbocycles. The van der Waals surface area contributed by atoms with E-state index in [1.807, 2.05) is 20.1 Å². The fraction of sp³-hybridized carbons (Fsp3) is 0.707. The summed E-state index contributed by atoms with van der Waals surface area (Å²) in [4.78, 5) is 250. The molecule has 0 bridgehead atoms. The van der Waals surface area contributed by atoms with Crippen LogP contribution in [0.4, 0.5) is 4.79 Å². The van der Waals surface area contributed by atoms with Gasteiger partial charge < -0.3 is 131 Å². The van der Waals surface area contributed by atoms with Gasteiger partial charge in [-0.05, 0) is 191 Å². The molecule has 13 amide bonds. The summed E-state index contributed by atoms with van der Waals surface area (Å²) in [6, 6.07) is -3.91. The molecule has 4 aliphatic carbocycles. The summed E-state index contributed by atoms with van der Waals surface area (Å²) in [5.74, 6) is -12.2. The lowest BCUT2D eigenvalue weighted by atomic mass is 9.43. The number of para-hydroxylation sites is 1. The van der Waals surface area contributed by atoms with Gasteiger partial charge in [-0.1, -0.05) is 66.7 Å². The lowest BCUT2D eigenvalue weighted by Gasteiger charge is -2.62. The molecule has 8 rings (SSSR count). The van der Waals surface area contributed by atoms with Crippen LogP contribution in [-0.4, -0.2) is 377 Å². The van der Waals surface area contributed by atoms with Crippen molar-refractivity contribution < 1.29 is 121 Å². The lowest BCUT2D eigenvalue weighted by Crippen LogP contribution is -2.60. The number of H-pyrrole nitrogens is 2. The predicted molar refractivity (Wildman–Crippen MR) is 546 cm³/mol. The third-order valence-corrected chi connectivity index (χ3v) is 30.1. The first-order valence-electron chi connectivity index (χ1n) is 51.5. The molecule has 18 atom stereocenters. The van der Waals surface area contributed by atoms with Crippen molar-refractivity contribution in [2.24, 2.45) is 80.4 Å². The number of aromatic nitrogens is 3. The maximum atomic E-state index is 15.2. The maximum Gasteiger partial charge on any atom is 0.407 e. The quantitative estimate of drug-likeness (QED) is 0.0180. The van der Waals surface area contributed by atoms with E-state index in [2.05, 4.69) is 105 Å². The molecule has 48 nitrogen and oxygen atoms in total. The number of aliphatic carboxylic acids is 4. The summed E-state index contributed by atoms with van der Waals surface area (Å²) in [5, 5.41) is 83.5. The third-order valence-electron chi connectivity index (χ3n) is 29.4. The number of fused-ring (bicyclic) bond motifs is 6. The number of aliphatic imine (C=N–C) groups is 1. The third kappa shape index (κ3) is 39.2. The van der Waals surface area contributed by atoms with Crippen molar-refractivity contribution in [2.75, 3.05) is 150 Å². The van der Waals surface area contributed by atoms with Crippen LogP contribution in [0.25, 0.3) is 10.9 Å². The minimum absolute atomic E-state index is 0.0150. The van der Waals surface area contributed by atoms with Gasteiger partial charge in [0, 0.05) is 120 Å². The van der Waals surface area contributed by atoms with Crippen LogP contribution < -0.4 is 81.0 Å². The number of aliphatic hydroxyl groups is 1. The van der Waals surface area contributed by atoms with Gasteiger partial charge in [-0.25, -0.2) is 9.78 Å². The topological polar surface area (TPSA) is 711 Å². The number of carbonyl (C=O) groups excluding carboxylic acids is 13. The van der Waals surface area contributed by atoms with Crippen LogP contribution in [0.5, 0.6) is 0 Å². The molecule has 0 radical (unpaired) electrons. The Morgan fingerprint density at radius 3 is 1.72 bits per heavy atom. The van der Waals surface area contributed by atoms with Crippen molar-refractivity contribution in [3.63, 3.8) is 0 Å². The highest BCUT2D eigenvalue weighted by atomic mass is 32.2. The molecule has 5 fully saturated rings. The van der Waals surface area contributed by atoms with Crippen molar-refractivity contribution >= 4 is 129 Å². The van der Waals surface area contributed by atoms with Crippen LogP contribution in [0.1, 0.15) is 176 Å². The Hall–Kier alpha value is -11.9. The standard InChI is InChI=1S/C99H159N23O25S/c1-58(2)43-75(93(141)114-72(88(100)136)26-42-148-9)116-94(142)77(46-65-49-103-57-109-65)113-80(125)51-108-95(143)87(59(3)4)118-89(137)61(6)110-92(140)76(44-62-48-106-71-16-11-10-15-66(62)71)117-91(139)74(18-14-29-104-96(101)102)115-90(138)73(112-79(124)50-107-81(126)52-119-30-32-120(53-84(130)131)34-36-122(55-86(134)135)37-35-121(33-31-119)54-85(132)133)17-12-13-28-105-97(144)147-41-40-145-38-39-146-56-82(127)111-64-25-27-98(7)63(45-64)20-21-67-69-23-22-68(60(5)19-24-83(128)129)99(69,8)78(123)47-70(67)98/h10-11,15-16,48-49,57-61,63-64,67-70,72-78,87,106,123H,12-14,17-47,50-56H2,1-9H3,(H2,100,136)(H,103,109)(H,105,144)(H,107,126)(H,108,143)(H,110,140)(H,111,127)(H,112,124)(H,113,125)(H,114,141)(H,115,138)(H,116,142)(H,117,139)(H,118,137)(H,128,129)(H,130,131)(H,132,133)(H,134,135)(H4,101,102,104)/t60?,61-,63?,64-,67?,68+,69?,70?,72-,73-,74-,75-,76-,77-,78-,87-,98-,99+/m0/s1. The average molecular weight is 2100 g/mol. The van der Waals surface area contributed by atoms with Gasteiger partial charge in [-0.3, -0.25) is 101 Å². The molecule has 1 saturated heterocycles. The number of unbranched alkanes of at least 4 members (excludes halogenated alkanes) is 1. The van der Waals surface area contributed by atoms with Crippen molar-refractivity contribution in [1.29, 1.82) is 0 Å². The molecule has 3 heterocycles. The smallest absolute Gasteiger partial charge is 0.407 e. The van der Waals surface area contributed by atoms with E-state index in [4.69, 9.17) is 31.4 Å². The molecular formula is C99H159N23O25S. The van der Waals surface area contributed by atoms with Gasteiger partial charge in [-0.15, -0.1) is 0 Å². The summed E-state index contributed by atoms with van der Waals surface area (Å²) in [6.07, 6.45) is 13.1. The number of thioether (sulfide) groups is 1. The highest BCUT2D eigenvalue weighted by molar-refractivity contribution is 7.98. The number of rotatable bonds is 60. The number of imidazole rings is 1. The van der Waals surface area contributed by atoms with Crippen LogP contribution in [0.2, 0.25) is 0 Å². The van der Waals surface area contributed by atoms with Gasteiger partial charge in [0.25, 0.3) is 0 Å². The van der Waals surface area contributed by atoms with Crippen molar-refractivity contribution in [3.05, 3.63) is 54.2 Å². The summed E-state index contributed by atoms with van der Waals surface area (Å²) < 4.78 is 16.7. The number of carbonyl (C=O) groups is 17. The van der Waals surface area contributed by atoms with E-state index in [1.54, 1.807) is 63.9 Å². The lowest BCUT2D eigenvalue weighted by molar-refractivity contribution is -0.170. The second-order valence-corrected chi connectivity index (χ2v) is 41.9. The number of carboxylic acid groups (broad SMARTS) is 4. The number of amides is 13. The van der Waals surface area contributed by atoms with Gasteiger partial charge in [0.15, 0.2) is 5.96 Å². The first kappa shape index (κ1) is 121. The highest BCUT2D eigenvalue weighted by Crippen LogP contribution is 2.68. The number of nitrogens with zero attached hydrogens (tertiary/aromatic N) is 6. The number of carboxylic acids is 4. The van der Waals surface area contributed by atoms with Crippen LogP contribution in [-0.2, 0) is 104 Å². The van der Waals surface area contributed by atoms with Crippen LogP contribution >= 0.6 is 11.8 Å². The Kier molecular flexibility index (Phi) is 49.7. The number of benzene rings is 1. The number of aromatic amines is 2. The fourth-order valence-corrected chi connectivity index (χ4v) is 22.0. The second-order valence-electron chi connectivity index (χ2n) is 41.0. The van der Waals surface area contributed by atoms with Gasteiger partial charge in [0.2, 0.25) is 70.9 Å². The van der Waals surface area contributed by atoms with Gasteiger partial charge in [-0.2, -0.15) is 11.8 Å². The number of aliphatic hydroxyl groups excluding tert-OH is 1. The Morgan fingerprint density at radius 2 is 1.11 bits per heavy atom. The zero-order valence-electron chi connectivity index (χ0n) is 86.6. The largest absolute Gasteiger partial charge is 0.481 e. The molecule has 5 unspecified atom stereocenters. The van der Waals surface area contributed by atoms with E-state index >= 15 is 9.59 Å². The van der Waals surface area contributed by atoms with Crippen molar-refractivity contribution in [3.8, 4) is 0 Å². The van der Waals surface area contributed by atoms with Gasteiger partial charge in [0.1, 0.15) is 61.5 Å². The molecule has 2 aromatic heterocycles. The first-order valence-corrected chi connectivity index (χ1v) is 52.8. The Bertz CT molecular complexity index is 4900. The Morgan fingerprint density at radius 1 is 0.547 bits per heavy atom. The van der Waals surface area contributed by atoms with Crippen molar-refractivity contribution in [1.82, 2.24) is 98.4 Å². The summed E-state index contributed by atoms with van der Waals surface area (Å²) >= 11 is 1.44. The summed E-state index contributed by atoms with van der Waals surface area (Å²) in [5.41, 5.74) is 18.4. The molecule has 148 heavy (non-hydrogen) atoms. The molecule has 3 aromatic rings. The first-order chi connectivity index (χ1) is 70.3. The monoisotopic (exact) mass is 2100 g/mol. The molecule has 1 aliphatic heterocycles. The van der Waals surface area contributed by atoms with E-state index in [0.29, 0.717) is 58.0 Å². The molecule has 1 aromatic carbocycles. The van der Waals surface area contributed by atoms with E-state index in [0.717, 1.165) is 51.4 Å². The zero-order valence-corrected chi connectivity index (χ0v) is 87.5. The van der Waals surface area contributed by atoms with E-state index in [1.165, 1.54) is 31.2 Å². The minimum atomic E-state index is -1.55. The number of hydrogen-bond acceptors (Lipinski definition) is 28. The van der Waals surface area contributed by atoms with Crippen LogP contribution in [0.3, 0.4) is 0 Å². The number of alkyl carbamates (subject to hydrolysis) is 1. The summed E-state index contributed by atoms with van der Waals surface area (Å²) in [6.45, 7) is 12.3. The highest BCUT2D eigenvalue weighted by Gasteiger charge is 2.64. The number of nitrogens with two attached hydrogens (primary N) is 3. The molecule has 826 valence electrons. The number of hydrogen-bond donors (Lipinski definition) is 22. The molecule has 0 spiro atoms. The Balaban J connectivity index is 0.893. The van der Waals surface area contributed by atoms with Crippen LogP contribution in [0.15, 0.2) is 48.0 Å². The van der Waals surface area contributed by atoms with E-state index in [9.17, 15) is 97.5 Å². The van der Waals surface area contributed by atoms with E-state index in [-0.39, 0.29) is 222 Å². The minimum Gasteiger partial charge on any atom is -0.481 e. The number of primary amides is 1. The molecule has 49 heteroatoms. The van der Waals surface area contributed by atoms with Gasteiger partial charge >= 0.3 is 30.0 Å². The van der Waals surface area contributed by atoms with Crippen molar-refractivity contribution in [2.45, 2.75) is 238 Å². The predicted octanol–water partition coefficient (Wildman–Crippen LogP) is -1.18. The SMILES string of the molecule is CSCC[C@H](NC(=O)[C@H](CC(C)C)NC(=O)[C@H](Cc1cnc[nH]1)NC(=O)CNC(=O)[C@@H](NC(=O)[C@H](C)NC(=O)[C@H](Cc1c[nH]c2ccccc12)NC(=O)[C@H](CCCN=C(N)N)NC(=O)[C@H](CCCCNC(=O)OCCOCCOCC(=O)N[C@H]1CC[C@@]2(C)C(CCC3C2C[C@H](O)[C@@]2(C)C3CC[C@@H]2C(C)CCC(=O)O)C1)NC(=O)CNC(=O)CN1CCN(CC(=O)O)CCN(CC(=O)O)CCN(CC(=O)O)CC1)C(C)C)C(N)=O. The average Bonchev–Trinajstić information content (AvgIpc) is 1.50. The fourth-order valence-electron chi connectivity index (χ4n) is 21.5. The summed E-state index contributed by atoms with van der Waals surface area (Å²) in [7, 11) is 0. The maximum absolute atomic E-state index is 15.2. The molecule has 5 aliphatic rings. The molecule has 25 N–H and O–H groups in total. The molecular weight excluding hydrogens is 1940 g/mol. The van der Waals surface area contributed by atoms with Crippen LogP contribution in [0, 0.1) is 58.2 Å². The van der Waals surface area contributed by atoms with Gasteiger partial charge in [0.05, 0.1) is 71.5 Å². The Labute approximate surface area is 867 Å². The number of ether oxygens (including phenoxy) is 3. The number of nitrogens with one attached hydrogen (secondary N) is 14. The number of guanidine groups is 1. The normalized spacial score (nSPS) is 22.2. The van der Waals surface area contributed by atoms with E-state index < -0.39 is 181 Å². The zero-order chi connectivity index (χ0) is 108. The second kappa shape index (κ2) is 60.7.